The number of amides is 1. The van der Waals surface area contributed by atoms with Crippen LogP contribution in [0.4, 0.5) is 5.69 Å². The van der Waals surface area contributed by atoms with Crippen LogP contribution >= 0.6 is 11.6 Å². The Balaban J connectivity index is 1.60. The van der Waals surface area contributed by atoms with E-state index in [9.17, 15) is 14.4 Å². The molecule has 0 bridgehead atoms. The molecule has 1 aliphatic heterocycles. The fourth-order valence-corrected chi connectivity index (χ4v) is 5.24. The SMILES string of the molecule is CN(C)CC(=O)Oc1ccc(C2(c3ccc(OC(=O)C(C)(C)N)cc3)C(=O)Nc3c2cnc(Cl)c3C2CC2)cc1. The van der Waals surface area contributed by atoms with Gasteiger partial charge in [0.25, 0.3) is 0 Å². The zero-order chi connectivity index (χ0) is 28.8. The number of fused-ring (bicyclic) bond motifs is 1. The summed E-state index contributed by atoms with van der Waals surface area (Å²) in [6.07, 6.45) is 3.59. The molecule has 5 rings (SSSR count). The molecule has 208 valence electrons. The number of carbonyl (C=O) groups is 3. The second kappa shape index (κ2) is 10.3. The van der Waals surface area contributed by atoms with Crippen LogP contribution in [-0.2, 0) is 19.8 Å². The predicted octanol–water partition coefficient (Wildman–Crippen LogP) is 4.01. The number of hydrogen-bond donors (Lipinski definition) is 2. The van der Waals surface area contributed by atoms with E-state index in [1.807, 2.05) is 0 Å². The van der Waals surface area contributed by atoms with Gasteiger partial charge in [-0.25, -0.2) is 9.78 Å². The van der Waals surface area contributed by atoms with Gasteiger partial charge in [-0.1, -0.05) is 35.9 Å². The van der Waals surface area contributed by atoms with Crippen molar-refractivity contribution >= 4 is 35.1 Å². The van der Waals surface area contributed by atoms with Gasteiger partial charge in [0.05, 0.1) is 12.2 Å². The van der Waals surface area contributed by atoms with E-state index >= 15 is 0 Å². The van der Waals surface area contributed by atoms with Gasteiger partial charge in [-0.05, 0) is 82.1 Å². The monoisotopic (exact) mass is 562 g/mol. The van der Waals surface area contributed by atoms with Crippen molar-refractivity contribution in [1.82, 2.24) is 9.88 Å². The molecule has 1 saturated carbocycles. The lowest BCUT2D eigenvalue weighted by Gasteiger charge is -2.29. The van der Waals surface area contributed by atoms with Crippen molar-refractivity contribution in [2.45, 2.75) is 43.6 Å². The van der Waals surface area contributed by atoms with E-state index in [0.29, 0.717) is 39.0 Å². The Bertz CT molecular complexity index is 1480. The molecule has 1 aromatic heterocycles. The lowest BCUT2D eigenvalue weighted by atomic mass is 9.70. The first-order valence-corrected chi connectivity index (χ1v) is 13.4. The van der Waals surface area contributed by atoms with Crippen molar-refractivity contribution in [2.24, 2.45) is 5.73 Å². The molecule has 2 aliphatic rings. The summed E-state index contributed by atoms with van der Waals surface area (Å²) >= 11 is 6.51. The number of nitrogens with zero attached hydrogens (tertiary/aromatic N) is 2. The highest BCUT2D eigenvalue weighted by Crippen LogP contribution is 2.54. The van der Waals surface area contributed by atoms with Crippen molar-refractivity contribution in [3.05, 3.63) is 82.1 Å². The Morgan fingerprint density at radius 3 is 2.10 bits per heavy atom. The van der Waals surface area contributed by atoms with E-state index in [2.05, 4.69) is 10.3 Å². The average molecular weight is 563 g/mol. The summed E-state index contributed by atoms with van der Waals surface area (Å²) in [6.45, 7) is 3.27. The van der Waals surface area contributed by atoms with Gasteiger partial charge in [-0.2, -0.15) is 0 Å². The fourth-order valence-electron chi connectivity index (χ4n) is 4.94. The highest BCUT2D eigenvalue weighted by molar-refractivity contribution is 6.31. The molecule has 10 heteroatoms. The molecule has 1 aliphatic carbocycles. The van der Waals surface area contributed by atoms with E-state index in [1.54, 1.807) is 87.6 Å². The minimum absolute atomic E-state index is 0.135. The minimum atomic E-state index is -1.28. The van der Waals surface area contributed by atoms with Gasteiger partial charge in [-0.3, -0.25) is 14.5 Å². The highest BCUT2D eigenvalue weighted by Gasteiger charge is 2.52. The molecule has 2 aromatic carbocycles. The van der Waals surface area contributed by atoms with Crippen LogP contribution in [0.25, 0.3) is 0 Å². The normalized spacial score (nSPS) is 18.3. The lowest BCUT2D eigenvalue weighted by Crippen LogP contribution is -2.44. The molecular weight excluding hydrogens is 532 g/mol. The van der Waals surface area contributed by atoms with Gasteiger partial charge in [0.2, 0.25) is 5.91 Å². The predicted molar refractivity (Wildman–Crippen MR) is 151 cm³/mol. The third-order valence-corrected chi connectivity index (χ3v) is 7.33. The maximum absolute atomic E-state index is 14.1. The number of halogens is 1. The minimum Gasteiger partial charge on any atom is -0.426 e. The van der Waals surface area contributed by atoms with Crippen molar-refractivity contribution in [2.75, 3.05) is 26.0 Å². The van der Waals surface area contributed by atoms with Crippen molar-refractivity contribution in [3.63, 3.8) is 0 Å². The molecular formula is C30H31ClN4O5. The Kier molecular flexibility index (Phi) is 7.16. The van der Waals surface area contributed by atoms with Crippen LogP contribution in [0.15, 0.2) is 54.7 Å². The van der Waals surface area contributed by atoms with Gasteiger partial charge in [0.15, 0.2) is 0 Å². The average Bonchev–Trinajstić information content (AvgIpc) is 3.66. The first-order chi connectivity index (χ1) is 18.9. The van der Waals surface area contributed by atoms with Gasteiger partial charge in [-0.15, -0.1) is 0 Å². The van der Waals surface area contributed by atoms with E-state index in [1.165, 1.54) is 0 Å². The number of hydrogen-bond acceptors (Lipinski definition) is 8. The zero-order valence-corrected chi connectivity index (χ0v) is 23.5. The number of rotatable bonds is 8. The maximum atomic E-state index is 14.1. The molecule has 1 unspecified atom stereocenters. The van der Waals surface area contributed by atoms with Crippen LogP contribution in [0.1, 0.15) is 54.9 Å². The Labute approximate surface area is 237 Å². The number of pyridine rings is 1. The molecule has 2 heterocycles. The smallest absolute Gasteiger partial charge is 0.330 e. The molecule has 0 saturated heterocycles. The summed E-state index contributed by atoms with van der Waals surface area (Å²) in [4.78, 5) is 44.8. The van der Waals surface area contributed by atoms with Crippen LogP contribution in [0.5, 0.6) is 11.5 Å². The Morgan fingerprint density at radius 1 is 1.05 bits per heavy atom. The quantitative estimate of drug-likeness (QED) is 0.240. The fraction of sp³-hybridized carbons (Fsp3) is 0.333. The summed E-state index contributed by atoms with van der Waals surface area (Å²) in [6, 6.07) is 13.6. The molecule has 1 amide bonds. The van der Waals surface area contributed by atoms with Crippen molar-refractivity contribution < 1.29 is 23.9 Å². The molecule has 3 N–H and O–H groups in total. The molecule has 3 aromatic rings. The van der Waals surface area contributed by atoms with E-state index < -0.39 is 22.9 Å². The Hall–Kier alpha value is -3.79. The summed E-state index contributed by atoms with van der Waals surface area (Å²) < 4.78 is 10.9. The maximum Gasteiger partial charge on any atom is 0.330 e. The second-order valence-corrected chi connectivity index (χ2v) is 11.5. The standard InChI is InChI=1S/C30H31ClN4O5/c1-29(2,32)28(38)40-21-13-9-19(10-14-21)30(18-7-11-20(12-8-18)39-23(36)16-35(3)4)22-15-33-26(31)24(17-5-6-17)25(22)34-27(30)37/h7-15,17H,5-6,16,32H2,1-4H3,(H,34,37). The van der Waals surface area contributed by atoms with Crippen LogP contribution in [0, 0.1) is 0 Å². The molecule has 0 radical (unpaired) electrons. The van der Waals surface area contributed by atoms with Crippen LogP contribution in [0.3, 0.4) is 0 Å². The van der Waals surface area contributed by atoms with Crippen LogP contribution < -0.4 is 20.5 Å². The van der Waals surface area contributed by atoms with Gasteiger partial charge in [0, 0.05) is 17.3 Å². The summed E-state index contributed by atoms with van der Waals surface area (Å²) in [5.74, 6) is -0.327. The lowest BCUT2D eigenvalue weighted by molar-refractivity contribution is -0.139. The number of anilines is 1. The first kappa shape index (κ1) is 27.8. The van der Waals surface area contributed by atoms with Gasteiger partial charge >= 0.3 is 11.9 Å². The van der Waals surface area contributed by atoms with Crippen molar-refractivity contribution in [1.29, 1.82) is 0 Å². The number of ether oxygens (including phenoxy) is 2. The Morgan fingerprint density at radius 2 is 1.60 bits per heavy atom. The van der Waals surface area contributed by atoms with Gasteiger partial charge in [0.1, 0.15) is 27.6 Å². The highest BCUT2D eigenvalue weighted by atomic mass is 35.5. The molecule has 1 fully saturated rings. The summed E-state index contributed by atoms with van der Waals surface area (Å²) in [5, 5.41) is 3.48. The largest absolute Gasteiger partial charge is 0.426 e. The number of nitrogens with two attached hydrogens (primary N) is 1. The molecule has 40 heavy (non-hydrogen) atoms. The third kappa shape index (κ3) is 5.08. The zero-order valence-electron chi connectivity index (χ0n) is 22.8. The number of aromatic nitrogens is 1. The summed E-state index contributed by atoms with van der Waals surface area (Å²) in [7, 11) is 3.56. The van der Waals surface area contributed by atoms with Gasteiger partial charge < -0.3 is 20.5 Å². The van der Waals surface area contributed by atoms with Crippen LogP contribution in [0.2, 0.25) is 5.15 Å². The number of nitrogens with one attached hydrogen (secondary N) is 1. The van der Waals surface area contributed by atoms with E-state index in [4.69, 9.17) is 26.8 Å². The molecule has 9 nitrogen and oxygen atoms in total. The number of benzene rings is 2. The summed E-state index contributed by atoms with van der Waals surface area (Å²) in [5.41, 5.74) is 6.91. The van der Waals surface area contributed by atoms with Crippen molar-refractivity contribution in [3.8, 4) is 11.5 Å². The van der Waals surface area contributed by atoms with E-state index in [0.717, 1.165) is 18.4 Å². The number of carbonyl (C=O) groups excluding carboxylic acids is 3. The molecule has 1 atom stereocenters. The number of likely N-dealkylation sites (N-methyl/N-ethyl adjacent to an activating group) is 1. The van der Waals surface area contributed by atoms with Crippen LogP contribution in [-0.4, -0.2) is 53.9 Å². The topological polar surface area (TPSA) is 124 Å². The third-order valence-electron chi connectivity index (χ3n) is 7.02. The second-order valence-electron chi connectivity index (χ2n) is 11.1. The first-order valence-electron chi connectivity index (χ1n) is 13.0. The van der Waals surface area contributed by atoms with E-state index in [-0.39, 0.29) is 18.4 Å². The molecule has 0 spiro atoms. The number of esters is 2.